The van der Waals surface area contributed by atoms with E-state index >= 15 is 0 Å². The fourth-order valence-corrected chi connectivity index (χ4v) is 6.19. The van der Waals surface area contributed by atoms with Gasteiger partial charge in [-0.2, -0.15) is 0 Å². The molecule has 0 radical (unpaired) electrons. The van der Waals surface area contributed by atoms with Crippen LogP contribution in [0, 0.1) is 0 Å². The number of rotatable bonds is 18. The maximum absolute atomic E-state index is 11.9. The molecule has 0 bridgehead atoms. The Balaban J connectivity index is 4.46. The lowest BCUT2D eigenvalue weighted by atomic mass is 10.3. The van der Waals surface area contributed by atoms with Gasteiger partial charge in [0.25, 0.3) is 0 Å². The second-order valence-corrected chi connectivity index (χ2v) is 11.2. The minimum atomic E-state index is -0.973. The summed E-state index contributed by atoms with van der Waals surface area (Å²) >= 11 is 1.21. The molecule has 0 spiro atoms. The third-order valence-corrected chi connectivity index (χ3v) is 8.54. The molecule has 0 unspecified atom stereocenters. The highest BCUT2D eigenvalue weighted by atomic mass is 32.2. The Labute approximate surface area is 197 Å². The van der Waals surface area contributed by atoms with Crippen molar-refractivity contribution in [1.29, 1.82) is 0 Å². The van der Waals surface area contributed by atoms with Crippen LogP contribution in [0.15, 0.2) is 0 Å². The molecule has 0 aromatic rings. The Hall–Kier alpha value is 0.210. The van der Waals surface area contributed by atoms with Crippen molar-refractivity contribution >= 4 is 25.3 Å². The van der Waals surface area contributed by atoms with Crippen LogP contribution in [0.3, 0.4) is 0 Å². The molecule has 7 nitrogen and oxygen atoms in total. The summed E-state index contributed by atoms with van der Waals surface area (Å²) in [6, 6.07) is 1.45. The zero-order valence-electron chi connectivity index (χ0n) is 21.6. The minimum Gasteiger partial charge on any atom is -0.344 e. The summed E-state index contributed by atoms with van der Waals surface area (Å²) in [5.74, 6) is 0.306. The smallest absolute Gasteiger partial charge is 0.192 e. The second kappa shape index (κ2) is 17.7. The summed E-state index contributed by atoms with van der Waals surface area (Å²) in [6.45, 7) is 24.9. The van der Waals surface area contributed by atoms with Gasteiger partial charge in [0.15, 0.2) is 27.2 Å². The van der Waals surface area contributed by atoms with Crippen LogP contribution in [-0.2, 0) is 18.8 Å². The molecule has 9 heteroatoms. The fourth-order valence-electron chi connectivity index (χ4n) is 3.42. The molecule has 0 atom stereocenters. The summed E-state index contributed by atoms with van der Waals surface area (Å²) < 4.78 is 22.2. The van der Waals surface area contributed by atoms with Gasteiger partial charge in [0.1, 0.15) is 5.94 Å². The standard InChI is InChI=1S/C22H48N3O4PS/c1-11-23(12-2)14-13-22(26)31-17-28-15-27-16-29-30(24(18(3)4)19(5)6)25(20(7)8)21(9)10/h18-21H,11-17H2,1-10H3. The van der Waals surface area contributed by atoms with Gasteiger partial charge in [-0.25, -0.2) is 9.34 Å². The minimum absolute atomic E-state index is 0.117. The van der Waals surface area contributed by atoms with Crippen molar-refractivity contribution in [3.63, 3.8) is 0 Å². The summed E-state index contributed by atoms with van der Waals surface area (Å²) in [7, 11) is -0.973. The highest BCUT2D eigenvalue weighted by molar-refractivity contribution is 8.13. The maximum atomic E-state index is 11.9. The predicted octanol–water partition coefficient (Wildman–Crippen LogP) is 5.36. The molecule has 31 heavy (non-hydrogen) atoms. The first kappa shape index (κ1) is 31.2. The Morgan fingerprint density at radius 3 is 1.71 bits per heavy atom. The molecular formula is C22H48N3O4PS. The van der Waals surface area contributed by atoms with Gasteiger partial charge in [-0.3, -0.25) is 4.79 Å². The van der Waals surface area contributed by atoms with E-state index in [1.165, 1.54) is 11.8 Å². The molecule has 0 aromatic carbocycles. The SMILES string of the molecule is CCN(CC)CCC(=O)SCOCOCOP(N(C(C)C)C(C)C)N(C(C)C)C(C)C. The van der Waals surface area contributed by atoms with E-state index in [-0.39, 0.29) is 18.7 Å². The lowest BCUT2D eigenvalue weighted by Gasteiger charge is -2.45. The molecular weight excluding hydrogens is 433 g/mol. The monoisotopic (exact) mass is 481 g/mol. The van der Waals surface area contributed by atoms with Crippen molar-refractivity contribution in [2.75, 3.05) is 39.2 Å². The Morgan fingerprint density at radius 1 is 0.806 bits per heavy atom. The number of thioether (sulfide) groups is 1. The van der Waals surface area contributed by atoms with Gasteiger partial charge < -0.3 is 18.9 Å². The summed E-state index contributed by atoms with van der Waals surface area (Å²) in [5, 5.41) is 0.153. The van der Waals surface area contributed by atoms with Crippen molar-refractivity contribution in [3.05, 3.63) is 0 Å². The number of carbonyl (C=O) groups excluding carboxylic acids is 1. The van der Waals surface area contributed by atoms with E-state index in [1.807, 2.05) is 0 Å². The third-order valence-electron chi connectivity index (χ3n) is 4.76. The molecule has 186 valence electrons. The van der Waals surface area contributed by atoms with Crippen LogP contribution < -0.4 is 0 Å². The quantitative estimate of drug-likeness (QED) is 0.147. The van der Waals surface area contributed by atoms with Crippen molar-refractivity contribution < 1.29 is 18.8 Å². The average molecular weight is 482 g/mol. The number of hydrogen-bond donors (Lipinski definition) is 0. The Morgan fingerprint density at radius 2 is 1.29 bits per heavy atom. The van der Waals surface area contributed by atoms with E-state index in [2.05, 4.69) is 83.5 Å². The summed E-state index contributed by atoms with van der Waals surface area (Å²) in [6.07, 6.45) is 0.546. The number of ether oxygens (including phenoxy) is 2. The molecule has 0 aromatic heterocycles. The molecule has 0 amide bonds. The number of hydrogen-bond acceptors (Lipinski definition) is 8. The molecule has 0 saturated heterocycles. The van der Waals surface area contributed by atoms with E-state index in [4.69, 9.17) is 14.0 Å². The highest BCUT2D eigenvalue weighted by Crippen LogP contribution is 2.50. The summed E-state index contributed by atoms with van der Waals surface area (Å²) in [4.78, 5) is 14.2. The lowest BCUT2D eigenvalue weighted by Crippen LogP contribution is -2.43. The summed E-state index contributed by atoms with van der Waals surface area (Å²) in [5.41, 5.74) is 0. The molecule has 0 heterocycles. The lowest BCUT2D eigenvalue weighted by molar-refractivity contribution is -0.111. The predicted molar refractivity (Wildman–Crippen MR) is 134 cm³/mol. The maximum Gasteiger partial charge on any atom is 0.192 e. The van der Waals surface area contributed by atoms with Crippen LogP contribution in [0.4, 0.5) is 0 Å². The van der Waals surface area contributed by atoms with Crippen LogP contribution in [0.2, 0.25) is 0 Å². The van der Waals surface area contributed by atoms with Crippen LogP contribution in [0.25, 0.3) is 0 Å². The van der Waals surface area contributed by atoms with Crippen LogP contribution in [-0.4, -0.2) is 82.7 Å². The van der Waals surface area contributed by atoms with Gasteiger partial charge >= 0.3 is 0 Å². The molecule has 0 saturated carbocycles. The van der Waals surface area contributed by atoms with E-state index in [1.54, 1.807) is 0 Å². The van der Waals surface area contributed by atoms with Crippen molar-refractivity contribution in [2.24, 2.45) is 0 Å². The Bertz CT molecular complexity index is 430. The first-order chi connectivity index (χ1) is 14.6. The third kappa shape index (κ3) is 12.9. The van der Waals surface area contributed by atoms with Crippen molar-refractivity contribution in [1.82, 2.24) is 14.2 Å². The number of carbonyl (C=O) groups is 1. The van der Waals surface area contributed by atoms with E-state index in [0.29, 0.717) is 36.5 Å². The largest absolute Gasteiger partial charge is 0.344 e. The average Bonchev–Trinajstić information content (AvgIpc) is 2.66. The first-order valence-electron chi connectivity index (χ1n) is 11.6. The highest BCUT2D eigenvalue weighted by Gasteiger charge is 2.34. The van der Waals surface area contributed by atoms with Crippen LogP contribution >= 0.6 is 20.2 Å². The van der Waals surface area contributed by atoms with Gasteiger partial charge in [0.2, 0.25) is 0 Å². The van der Waals surface area contributed by atoms with E-state index < -0.39 is 8.45 Å². The van der Waals surface area contributed by atoms with Gasteiger partial charge in [0, 0.05) is 37.1 Å². The molecule has 0 rings (SSSR count). The van der Waals surface area contributed by atoms with Gasteiger partial charge in [-0.05, 0) is 68.5 Å². The molecule has 0 N–H and O–H groups in total. The second-order valence-electron chi connectivity index (χ2n) is 8.57. The zero-order valence-corrected chi connectivity index (χ0v) is 23.3. The molecule has 0 aliphatic rings. The zero-order chi connectivity index (χ0) is 24.0. The van der Waals surface area contributed by atoms with Crippen molar-refractivity contribution in [2.45, 2.75) is 99.8 Å². The van der Waals surface area contributed by atoms with Crippen LogP contribution in [0.5, 0.6) is 0 Å². The van der Waals surface area contributed by atoms with Gasteiger partial charge in [0.05, 0.1) is 0 Å². The normalized spacial score (nSPS) is 12.8. The Kier molecular flexibility index (Phi) is 17.8. The van der Waals surface area contributed by atoms with E-state index in [0.717, 1.165) is 19.6 Å². The topological polar surface area (TPSA) is 54.5 Å². The molecule has 0 aliphatic heterocycles. The fraction of sp³-hybridized carbons (Fsp3) is 0.955. The van der Waals surface area contributed by atoms with E-state index in [9.17, 15) is 4.79 Å². The van der Waals surface area contributed by atoms with Crippen molar-refractivity contribution in [3.8, 4) is 0 Å². The molecule has 0 aliphatic carbocycles. The van der Waals surface area contributed by atoms with Crippen LogP contribution in [0.1, 0.15) is 75.7 Å². The number of nitrogens with zero attached hydrogens (tertiary/aromatic N) is 3. The van der Waals surface area contributed by atoms with Gasteiger partial charge in [-0.15, -0.1) is 0 Å². The van der Waals surface area contributed by atoms with Gasteiger partial charge in [-0.1, -0.05) is 25.6 Å². The molecule has 0 fully saturated rings. The first-order valence-corrected chi connectivity index (χ1v) is 13.7.